The molecular weight excluding hydrogens is 304 g/mol. The monoisotopic (exact) mass is 315 g/mol. The van der Waals surface area contributed by atoms with Crippen LogP contribution in [-0.4, -0.2) is 26.1 Å². The Hall–Kier alpha value is -3.16. The molecule has 0 unspecified atom stereocenters. The highest BCUT2D eigenvalue weighted by molar-refractivity contribution is 5.97. The van der Waals surface area contributed by atoms with Crippen LogP contribution in [0.1, 0.15) is 15.9 Å². The topological polar surface area (TPSA) is 72.7 Å². The first kappa shape index (κ1) is 14.8. The predicted octanol–water partition coefficient (Wildman–Crippen LogP) is 1.87. The molecule has 1 heterocycles. The summed E-state index contributed by atoms with van der Waals surface area (Å²) in [6, 6.07) is 9.46. The lowest BCUT2D eigenvalue weighted by atomic mass is 10.1. The molecule has 1 aromatic heterocycles. The molecule has 0 atom stereocenters. The first-order valence-electron chi connectivity index (χ1n) is 6.69. The largest absolute Gasteiger partial charge is 0.348 e. The molecule has 1 amide bonds. The van der Waals surface area contributed by atoms with E-state index >= 15 is 0 Å². The van der Waals surface area contributed by atoms with E-state index in [9.17, 15) is 13.6 Å². The predicted molar refractivity (Wildman–Crippen MR) is 76.7 cm³/mol. The number of aromatic nitrogens is 4. The molecule has 0 spiro atoms. The van der Waals surface area contributed by atoms with Crippen LogP contribution in [0, 0.1) is 11.6 Å². The molecule has 0 radical (unpaired) electrons. The summed E-state index contributed by atoms with van der Waals surface area (Å²) in [7, 11) is 0. The maximum absolute atomic E-state index is 13.5. The second kappa shape index (κ2) is 6.30. The molecule has 8 heteroatoms. The molecule has 3 aromatic rings. The zero-order valence-electron chi connectivity index (χ0n) is 11.8. The second-order valence-electron chi connectivity index (χ2n) is 4.73. The molecule has 0 bridgehead atoms. The van der Waals surface area contributed by atoms with Crippen LogP contribution in [-0.2, 0) is 6.54 Å². The van der Waals surface area contributed by atoms with Gasteiger partial charge in [0.05, 0.1) is 11.3 Å². The van der Waals surface area contributed by atoms with Gasteiger partial charge >= 0.3 is 0 Å². The van der Waals surface area contributed by atoms with Crippen molar-refractivity contribution >= 4 is 5.91 Å². The fourth-order valence-corrected chi connectivity index (χ4v) is 2.04. The Bertz CT molecular complexity index is 818. The van der Waals surface area contributed by atoms with Gasteiger partial charge in [-0.05, 0) is 46.3 Å². The first-order chi connectivity index (χ1) is 11.1. The Morgan fingerprint density at radius 1 is 1.09 bits per heavy atom. The molecule has 0 aliphatic heterocycles. The smallest absolute Gasteiger partial charge is 0.253 e. The van der Waals surface area contributed by atoms with Gasteiger partial charge in [0.1, 0.15) is 18.0 Å². The number of tetrazole rings is 1. The summed E-state index contributed by atoms with van der Waals surface area (Å²) in [6.07, 6.45) is 1.31. The van der Waals surface area contributed by atoms with Gasteiger partial charge in [-0.25, -0.2) is 8.78 Å². The van der Waals surface area contributed by atoms with E-state index in [1.54, 1.807) is 12.1 Å². The van der Waals surface area contributed by atoms with Gasteiger partial charge in [-0.2, -0.15) is 4.68 Å². The Morgan fingerprint density at radius 2 is 1.83 bits per heavy atom. The second-order valence-corrected chi connectivity index (χ2v) is 4.73. The van der Waals surface area contributed by atoms with Gasteiger partial charge in [0.25, 0.3) is 5.91 Å². The lowest BCUT2D eigenvalue weighted by Crippen LogP contribution is -2.24. The minimum Gasteiger partial charge on any atom is -0.348 e. The van der Waals surface area contributed by atoms with E-state index in [4.69, 9.17) is 0 Å². The van der Waals surface area contributed by atoms with Crippen molar-refractivity contribution in [2.45, 2.75) is 6.54 Å². The highest BCUT2D eigenvalue weighted by atomic mass is 19.1. The Morgan fingerprint density at radius 3 is 2.52 bits per heavy atom. The highest BCUT2D eigenvalue weighted by Gasteiger charge is 2.15. The quantitative estimate of drug-likeness (QED) is 0.798. The van der Waals surface area contributed by atoms with E-state index in [-0.39, 0.29) is 17.9 Å². The summed E-state index contributed by atoms with van der Waals surface area (Å²) in [5.74, 6) is -1.39. The number of hydrogen-bond acceptors (Lipinski definition) is 4. The molecule has 6 nitrogen and oxygen atoms in total. The molecule has 0 fully saturated rings. The summed E-state index contributed by atoms with van der Waals surface area (Å²) < 4.78 is 27.6. The van der Waals surface area contributed by atoms with Gasteiger partial charge in [-0.3, -0.25) is 4.79 Å². The van der Waals surface area contributed by atoms with E-state index in [0.717, 1.165) is 11.6 Å². The number of benzene rings is 2. The zero-order valence-corrected chi connectivity index (χ0v) is 11.8. The van der Waals surface area contributed by atoms with Crippen LogP contribution in [0.3, 0.4) is 0 Å². The van der Waals surface area contributed by atoms with Crippen LogP contribution < -0.4 is 5.32 Å². The standard InChI is InChI=1S/C15H11F2N5O/c16-11-3-1-10(2-4-11)8-18-15(23)13-7-12(17)5-6-14(13)22-9-19-20-21-22/h1-7,9H,8H2,(H,18,23). The maximum Gasteiger partial charge on any atom is 0.253 e. The molecule has 1 N–H and O–H groups in total. The third-order valence-electron chi connectivity index (χ3n) is 3.17. The minimum atomic E-state index is -0.547. The summed E-state index contributed by atoms with van der Waals surface area (Å²) in [5.41, 5.74) is 1.17. The molecule has 3 rings (SSSR count). The number of amides is 1. The Labute approximate surface area is 129 Å². The van der Waals surface area contributed by atoms with Crippen molar-refractivity contribution in [3.63, 3.8) is 0 Å². The van der Waals surface area contributed by atoms with Crippen molar-refractivity contribution in [2.75, 3.05) is 0 Å². The highest BCUT2D eigenvalue weighted by Crippen LogP contribution is 2.15. The lowest BCUT2D eigenvalue weighted by Gasteiger charge is -2.10. The maximum atomic E-state index is 13.5. The van der Waals surface area contributed by atoms with E-state index in [1.165, 1.54) is 35.3 Å². The van der Waals surface area contributed by atoms with Crippen LogP contribution in [0.2, 0.25) is 0 Å². The van der Waals surface area contributed by atoms with E-state index in [2.05, 4.69) is 20.8 Å². The van der Waals surface area contributed by atoms with Crippen LogP contribution >= 0.6 is 0 Å². The van der Waals surface area contributed by atoms with Gasteiger partial charge in [0, 0.05) is 6.54 Å². The van der Waals surface area contributed by atoms with Crippen molar-refractivity contribution in [2.24, 2.45) is 0 Å². The molecule has 116 valence electrons. The van der Waals surface area contributed by atoms with Gasteiger partial charge in [-0.1, -0.05) is 12.1 Å². The van der Waals surface area contributed by atoms with E-state index in [0.29, 0.717) is 5.69 Å². The van der Waals surface area contributed by atoms with Crippen molar-refractivity contribution in [3.05, 3.63) is 71.6 Å². The fraction of sp³-hybridized carbons (Fsp3) is 0.0667. The molecular formula is C15H11F2N5O. The average molecular weight is 315 g/mol. The van der Waals surface area contributed by atoms with Gasteiger partial charge in [0.15, 0.2) is 0 Å². The van der Waals surface area contributed by atoms with Crippen LogP contribution in [0.5, 0.6) is 0 Å². The summed E-state index contributed by atoms with van der Waals surface area (Å²) in [5, 5.41) is 13.3. The van der Waals surface area contributed by atoms with Crippen molar-refractivity contribution < 1.29 is 13.6 Å². The molecule has 2 aromatic carbocycles. The summed E-state index contributed by atoms with van der Waals surface area (Å²) in [6.45, 7) is 0.185. The van der Waals surface area contributed by atoms with Crippen LogP contribution in [0.4, 0.5) is 8.78 Å². The fourth-order valence-electron chi connectivity index (χ4n) is 2.04. The minimum absolute atomic E-state index is 0.0967. The van der Waals surface area contributed by atoms with E-state index in [1.807, 2.05) is 0 Å². The number of hydrogen-bond donors (Lipinski definition) is 1. The van der Waals surface area contributed by atoms with E-state index < -0.39 is 11.7 Å². The van der Waals surface area contributed by atoms with Gasteiger partial charge < -0.3 is 5.32 Å². The number of rotatable bonds is 4. The SMILES string of the molecule is O=C(NCc1ccc(F)cc1)c1cc(F)ccc1-n1cnnn1. The third kappa shape index (κ3) is 3.37. The zero-order chi connectivity index (χ0) is 16.2. The number of carbonyl (C=O) groups is 1. The first-order valence-corrected chi connectivity index (χ1v) is 6.69. The molecule has 0 aliphatic carbocycles. The molecule has 0 saturated carbocycles. The van der Waals surface area contributed by atoms with Crippen molar-refractivity contribution in [1.82, 2.24) is 25.5 Å². The number of nitrogens with one attached hydrogen (secondary N) is 1. The Balaban J connectivity index is 1.81. The summed E-state index contributed by atoms with van der Waals surface area (Å²) in [4.78, 5) is 12.3. The number of nitrogens with zero attached hydrogens (tertiary/aromatic N) is 4. The van der Waals surface area contributed by atoms with Crippen LogP contribution in [0.25, 0.3) is 5.69 Å². The Kier molecular flexibility index (Phi) is 4.05. The molecule has 0 saturated heterocycles. The number of halogens is 2. The molecule has 0 aliphatic rings. The van der Waals surface area contributed by atoms with Gasteiger partial charge in [-0.15, -0.1) is 5.10 Å². The van der Waals surface area contributed by atoms with Crippen LogP contribution in [0.15, 0.2) is 48.8 Å². The number of carbonyl (C=O) groups excluding carboxylic acids is 1. The van der Waals surface area contributed by atoms with Gasteiger partial charge in [0.2, 0.25) is 0 Å². The van der Waals surface area contributed by atoms with Crippen molar-refractivity contribution in [3.8, 4) is 5.69 Å². The normalized spacial score (nSPS) is 10.5. The lowest BCUT2D eigenvalue weighted by molar-refractivity contribution is 0.0950. The molecule has 23 heavy (non-hydrogen) atoms. The average Bonchev–Trinajstić information content (AvgIpc) is 3.08. The summed E-state index contributed by atoms with van der Waals surface area (Å²) >= 11 is 0. The third-order valence-corrected chi connectivity index (χ3v) is 3.17. The van der Waals surface area contributed by atoms with Crippen molar-refractivity contribution in [1.29, 1.82) is 0 Å².